The fourth-order valence-corrected chi connectivity index (χ4v) is 3.14. The molecule has 0 heterocycles. The molecule has 3 N–H and O–H groups in total. The van der Waals surface area contributed by atoms with Gasteiger partial charge in [0.15, 0.2) is 0 Å². The molecule has 0 aromatic rings. The topological polar surface area (TPSA) is 49.5 Å². The van der Waals surface area contributed by atoms with E-state index in [0.29, 0.717) is 18.0 Å². The van der Waals surface area contributed by atoms with E-state index in [1.807, 2.05) is 0 Å². The summed E-state index contributed by atoms with van der Waals surface area (Å²) in [7, 11) is 0. The molecule has 2 atom stereocenters. The van der Waals surface area contributed by atoms with Gasteiger partial charge in [-0.3, -0.25) is 0 Å². The van der Waals surface area contributed by atoms with Crippen LogP contribution >= 0.6 is 0 Å². The highest BCUT2D eigenvalue weighted by molar-refractivity contribution is 4.92. The van der Waals surface area contributed by atoms with Gasteiger partial charge in [-0.2, -0.15) is 0 Å². The van der Waals surface area contributed by atoms with Crippen LogP contribution < -0.4 is 5.73 Å². The Morgan fingerprint density at radius 1 is 1.39 bits per heavy atom. The van der Waals surface area contributed by atoms with Crippen molar-refractivity contribution in [3.63, 3.8) is 0 Å². The number of nitrogens with two attached hydrogens (primary N) is 1. The van der Waals surface area contributed by atoms with Crippen molar-refractivity contribution >= 4 is 0 Å². The lowest BCUT2D eigenvalue weighted by Crippen LogP contribution is -2.51. The summed E-state index contributed by atoms with van der Waals surface area (Å²) < 4.78 is 0. The zero-order chi connectivity index (χ0) is 13.8. The summed E-state index contributed by atoms with van der Waals surface area (Å²) in [6.45, 7) is 11.4. The Morgan fingerprint density at radius 2 is 2.06 bits per heavy atom. The molecule has 3 heteroatoms. The van der Waals surface area contributed by atoms with E-state index in [0.717, 1.165) is 19.5 Å². The summed E-state index contributed by atoms with van der Waals surface area (Å²) in [5.74, 6) is 0.606. The quantitative estimate of drug-likeness (QED) is 0.766. The Labute approximate surface area is 113 Å². The van der Waals surface area contributed by atoms with Crippen molar-refractivity contribution < 1.29 is 5.11 Å². The highest BCUT2D eigenvalue weighted by atomic mass is 16.3. The maximum absolute atomic E-state index is 8.99. The van der Waals surface area contributed by atoms with Crippen molar-refractivity contribution in [3.8, 4) is 0 Å². The van der Waals surface area contributed by atoms with Gasteiger partial charge >= 0.3 is 0 Å². The molecular weight excluding hydrogens is 224 g/mol. The standard InChI is InChI=1S/C15H32N2O/c1-12(2)17(9-6-10-18)11-13-7-5-8-15(3,4)14(13)16/h12-14,18H,5-11,16H2,1-4H3. The minimum absolute atomic E-state index is 0.280. The molecule has 1 saturated carbocycles. The molecule has 0 aliphatic heterocycles. The molecule has 0 aromatic carbocycles. The second-order valence-corrected chi connectivity index (χ2v) is 6.83. The molecule has 3 nitrogen and oxygen atoms in total. The van der Waals surface area contributed by atoms with Gasteiger partial charge < -0.3 is 15.7 Å². The summed E-state index contributed by atoms with van der Waals surface area (Å²) in [6.07, 6.45) is 4.68. The third-order valence-electron chi connectivity index (χ3n) is 4.61. The van der Waals surface area contributed by atoms with E-state index in [9.17, 15) is 0 Å². The van der Waals surface area contributed by atoms with Gasteiger partial charge in [-0.1, -0.05) is 20.3 Å². The van der Waals surface area contributed by atoms with Crippen LogP contribution in [0.4, 0.5) is 0 Å². The minimum Gasteiger partial charge on any atom is -0.396 e. The Hall–Kier alpha value is -0.120. The third-order valence-corrected chi connectivity index (χ3v) is 4.61. The lowest BCUT2D eigenvalue weighted by atomic mass is 9.68. The van der Waals surface area contributed by atoms with Gasteiger partial charge in [0.05, 0.1) is 0 Å². The Balaban J connectivity index is 2.57. The van der Waals surface area contributed by atoms with Crippen molar-refractivity contribution in [2.75, 3.05) is 19.7 Å². The van der Waals surface area contributed by atoms with Crippen molar-refractivity contribution in [1.82, 2.24) is 4.90 Å². The molecule has 0 aromatic heterocycles. The second-order valence-electron chi connectivity index (χ2n) is 6.83. The predicted octanol–water partition coefficient (Wildman–Crippen LogP) is 2.23. The van der Waals surface area contributed by atoms with Gasteiger partial charge in [0.1, 0.15) is 0 Å². The van der Waals surface area contributed by atoms with E-state index in [-0.39, 0.29) is 12.0 Å². The van der Waals surface area contributed by atoms with Crippen molar-refractivity contribution in [1.29, 1.82) is 0 Å². The highest BCUT2D eigenvalue weighted by Crippen LogP contribution is 2.38. The van der Waals surface area contributed by atoms with Gasteiger partial charge in [-0.05, 0) is 44.4 Å². The average Bonchev–Trinajstić information content (AvgIpc) is 2.29. The molecule has 0 radical (unpaired) electrons. The lowest BCUT2D eigenvalue weighted by Gasteiger charge is -2.44. The fourth-order valence-electron chi connectivity index (χ4n) is 3.14. The average molecular weight is 256 g/mol. The van der Waals surface area contributed by atoms with E-state index in [2.05, 4.69) is 32.6 Å². The summed E-state index contributed by atoms with van der Waals surface area (Å²) in [6, 6.07) is 0.843. The molecule has 18 heavy (non-hydrogen) atoms. The Kier molecular flexibility index (Phi) is 6.09. The van der Waals surface area contributed by atoms with Crippen molar-refractivity contribution in [3.05, 3.63) is 0 Å². The molecule has 0 bridgehead atoms. The molecule has 1 rings (SSSR count). The monoisotopic (exact) mass is 256 g/mol. The van der Waals surface area contributed by atoms with Crippen LogP contribution in [0.3, 0.4) is 0 Å². The molecule has 1 fully saturated rings. The van der Waals surface area contributed by atoms with Gasteiger partial charge in [-0.15, -0.1) is 0 Å². The first-order valence-electron chi connectivity index (χ1n) is 7.49. The number of hydrogen-bond donors (Lipinski definition) is 2. The van der Waals surface area contributed by atoms with E-state index in [1.54, 1.807) is 0 Å². The largest absolute Gasteiger partial charge is 0.396 e. The molecule has 0 saturated heterocycles. The number of nitrogens with zero attached hydrogens (tertiary/aromatic N) is 1. The van der Waals surface area contributed by atoms with Gasteiger partial charge in [-0.25, -0.2) is 0 Å². The van der Waals surface area contributed by atoms with Gasteiger partial charge in [0.25, 0.3) is 0 Å². The van der Waals surface area contributed by atoms with Crippen LogP contribution in [-0.2, 0) is 0 Å². The maximum Gasteiger partial charge on any atom is 0.0443 e. The third kappa shape index (κ3) is 4.22. The summed E-state index contributed by atoms with van der Waals surface area (Å²) in [4.78, 5) is 2.47. The van der Waals surface area contributed by atoms with E-state index in [1.165, 1.54) is 19.3 Å². The van der Waals surface area contributed by atoms with Crippen LogP contribution in [0.1, 0.15) is 53.4 Å². The summed E-state index contributed by atoms with van der Waals surface area (Å²) >= 11 is 0. The molecule has 0 spiro atoms. The maximum atomic E-state index is 8.99. The Morgan fingerprint density at radius 3 is 2.61 bits per heavy atom. The number of aliphatic hydroxyl groups is 1. The number of rotatable bonds is 6. The lowest BCUT2D eigenvalue weighted by molar-refractivity contribution is 0.0863. The van der Waals surface area contributed by atoms with Crippen LogP contribution in [0.2, 0.25) is 0 Å². The molecule has 1 aliphatic rings. The van der Waals surface area contributed by atoms with E-state index >= 15 is 0 Å². The summed E-state index contributed by atoms with van der Waals surface area (Å²) in [5.41, 5.74) is 6.74. The first-order valence-corrected chi connectivity index (χ1v) is 7.49. The number of aliphatic hydroxyl groups excluding tert-OH is 1. The number of hydrogen-bond acceptors (Lipinski definition) is 3. The first kappa shape index (κ1) is 15.9. The molecule has 2 unspecified atom stereocenters. The molecule has 1 aliphatic carbocycles. The van der Waals surface area contributed by atoms with E-state index < -0.39 is 0 Å². The SMILES string of the molecule is CC(C)N(CCCO)CC1CCCC(C)(C)C1N. The van der Waals surface area contributed by atoms with E-state index in [4.69, 9.17) is 10.8 Å². The van der Waals surface area contributed by atoms with Crippen LogP contribution in [-0.4, -0.2) is 41.8 Å². The van der Waals surface area contributed by atoms with Crippen LogP contribution in [0.25, 0.3) is 0 Å². The zero-order valence-electron chi connectivity index (χ0n) is 12.7. The normalized spacial score (nSPS) is 28.0. The zero-order valence-corrected chi connectivity index (χ0v) is 12.7. The highest BCUT2D eigenvalue weighted by Gasteiger charge is 2.37. The molecule has 0 amide bonds. The second kappa shape index (κ2) is 6.88. The van der Waals surface area contributed by atoms with Crippen LogP contribution in [0, 0.1) is 11.3 Å². The fraction of sp³-hybridized carbons (Fsp3) is 1.00. The minimum atomic E-state index is 0.280. The van der Waals surface area contributed by atoms with Gasteiger partial charge in [0, 0.05) is 31.8 Å². The smallest absolute Gasteiger partial charge is 0.0443 e. The molecular formula is C15H32N2O. The van der Waals surface area contributed by atoms with Crippen LogP contribution in [0.5, 0.6) is 0 Å². The molecule has 108 valence electrons. The van der Waals surface area contributed by atoms with Crippen molar-refractivity contribution in [2.24, 2.45) is 17.1 Å². The van der Waals surface area contributed by atoms with Crippen molar-refractivity contribution in [2.45, 2.75) is 65.5 Å². The predicted molar refractivity (Wildman–Crippen MR) is 77.5 cm³/mol. The summed E-state index contributed by atoms with van der Waals surface area (Å²) in [5, 5.41) is 8.99. The van der Waals surface area contributed by atoms with Gasteiger partial charge in [0.2, 0.25) is 0 Å². The Bertz CT molecular complexity index is 241. The van der Waals surface area contributed by atoms with Crippen LogP contribution in [0.15, 0.2) is 0 Å². The first-order chi connectivity index (χ1) is 8.38.